The fourth-order valence-electron chi connectivity index (χ4n) is 1.36. The molecule has 0 bridgehead atoms. The molecule has 1 unspecified atom stereocenters. The fourth-order valence-corrected chi connectivity index (χ4v) is 1.36. The predicted octanol–water partition coefficient (Wildman–Crippen LogP) is -1.62. The van der Waals surface area contributed by atoms with Crippen LogP contribution in [0.2, 0.25) is 0 Å². The van der Waals surface area contributed by atoms with E-state index in [9.17, 15) is 15.0 Å². The van der Waals surface area contributed by atoms with E-state index in [0.29, 0.717) is 0 Å². The molecule has 0 saturated carbocycles. The molecule has 3 N–H and O–H groups in total. The highest BCUT2D eigenvalue weighted by Crippen LogP contribution is 2.21. The van der Waals surface area contributed by atoms with Crippen molar-refractivity contribution in [3.63, 3.8) is 0 Å². The zero-order chi connectivity index (χ0) is 10.7. The molecular formula is C8H14O6. The molecule has 0 spiro atoms. The number of ether oxygens (including phenoxy) is 2. The summed E-state index contributed by atoms with van der Waals surface area (Å²) in [6.45, 7) is 0.921. The van der Waals surface area contributed by atoms with Crippen molar-refractivity contribution in [3.8, 4) is 0 Å². The van der Waals surface area contributed by atoms with Crippen LogP contribution in [0, 0.1) is 0 Å². The van der Waals surface area contributed by atoms with Gasteiger partial charge in [-0.1, -0.05) is 0 Å². The summed E-state index contributed by atoms with van der Waals surface area (Å²) in [5.74, 6) is -0.542. The highest BCUT2D eigenvalue weighted by atomic mass is 16.6. The highest BCUT2D eigenvalue weighted by molar-refractivity contribution is 5.66. The van der Waals surface area contributed by atoms with E-state index in [1.165, 1.54) is 6.92 Å². The molecule has 0 aliphatic carbocycles. The molecular weight excluding hydrogens is 192 g/mol. The number of hydrogen-bond acceptors (Lipinski definition) is 6. The lowest BCUT2D eigenvalue weighted by Gasteiger charge is -2.35. The van der Waals surface area contributed by atoms with Crippen molar-refractivity contribution >= 4 is 5.97 Å². The van der Waals surface area contributed by atoms with Gasteiger partial charge in [-0.2, -0.15) is 0 Å². The lowest BCUT2D eigenvalue weighted by molar-refractivity contribution is -0.256. The maximum atomic E-state index is 10.6. The Hall–Kier alpha value is -0.690. The summed E-state index contributed by atoms with van der Waals surface area (Å²) in [4.78, 5) is 10.6. The Bertz CT molecular complexity index is 206. The molecule has 0 aromatic heterocycles. The van der Waals surface area contributed by atoms with Crippen LogP contribution in [0.1, 0.15) is 13.3 Å². The van der Waals surface area contributed by atoms with Crippen LogP contribution in [0.25, 0.3) is 0 Å². The van der Waals surface area contributed by atoms with Gasteiger partial charge in [0, 0.05) is 13.3 Å². The second kappa shape index (κ2) is 4.70. The van der Waals surface area contributed by atoms with Crippen molar-refractivity contribution in [1.29, 1.82) is 0 Å². The van der Waals surface area contributed by atoms with Gasteiger partial charge in [-0.25, -0.2) is 0 Å². The molecule has 0 amide bonds. The van der Waals surface area contributed by atoms with Crippen LogP contribution in [0.5, 0.6) is 0 Å². The van der Waals surface area contributed by atoms with Crippen LogP contribution in [0.4, 0.5) is 0 Å². The van der Waals surface area contributed by atoms with Crippen LogP contribution in [-0.2, 0) is 14.3 Å². The average Bonchev–Trinajstić information content (AvgIpc) is 2.11. The largest absolute Gasteiger partial charge is 0.459 e. The summed E-state index contributed by atoms with van der Waals surface area (Å²) in [6.07, 6.45) is -3.95. The molecule has 6 heteroatoms. The minimum absolute atomic E-state index is 0.175. The molecule has 4 atom stereocenters. The topological polar surface area (TPSA) is 96.2 Å². The molecule has 1 aliphatic heterocycles. The van der Waals surface area contributed by atoms with E-state index in [-0.39, 0.29) is 13.0 Å². The first-order valence-electron chi connectivity index (χ1n) is 4.34. The number of rotatable bonds is 2. The van der Waals surface area contributed by atoms with Gasteiger partial charge in [-0.05, 0) is 0 Å². The Kier molecular flexibility index (Phi) is 3.82. The van der Waals surface area contributed by atoms with Gasteiger partial charge in [-0.15, -0.1) is 0 Å². The van der Waals surface area contributed by atoms with E-state index in [0.717, 1.165) is 0 Å². The van der Waals surface area contributed by atoms with Crippen LogP contribution in [0.15, 0.2) is 0 Å². The second-order valence-corrected chi connectivity index (χ2v) is 3.21. The molecule has 1 aliphatic rings. The quantitative estimate of drug-likeness (QED) is 0.470. The lowest BCUT2D eigenvalue weighted by atomic mass is 10.0. The third-order valence-corrected chi connectivity index (χ3v) is 2.02. The number of carbonyl (C=O) groups excluding carboxylic acids is 1. The summed E-state index contributed by atoms with van der Waals surface area (Å²) in [5.41, 5.74) is 0. The summed E-state index contributed by atoms with van der Waals surface area (Å²) in [7, 11) is 0. The van der Waals surface area contributed by atoms with Crippen molar-refractivity contribution in [1.82, 2.24) is 0 Å². The van der Waals surface area contributed by atoms with Gasteiger partial charge in [0.2, 0.25) is 0 Å². The van der Waals surface area contributed by atoms with Crippen molar-refractivity contribution in [2.45, 2.75) is 37.9 Å². The lowest BCUT2D eigenvalue weighted by Crippen LogP contribution is -2.50. The van der Waals surface area contributed by atoms with Gasteiger partial charge in [0.1, 0.15) is 12.2 Å². The summed E-state index contributed by atoms with van der Waals surface area (Å²) in [5, 5.41) is 27.3. The van der Waals surface area contributed by atoms with Crippen LogP contribution >= 0.6 is 0 Å². The molecule has 1 fully saturated rings. The summed E-state index contributed by atoms with van der Waals surface area (Å²) >= 11 is 0. The number of aliphatic hydroxyl groups excluding tert-OH is 3. The van der Waals surface area contributed by atoms with Crippen LogP contribution < -0.4 is 0 Å². The van der Waals surface area contributed by atoms with Gasteiger partial charge in [0.05, 0.1) is 12.7 Å². The van der Waals surface area contributed by atoms with E-state index in [1.807, 2.05) is 0 Å². The maximum Gasteiger partial charge on any atom is 0.302 e. The third-order valence-electron chi connectivity index (χ3n) is 2.02. The Morgan fingerprint density at radius 1 is 1.57 bits per heavy atom. The second-order valence-electron chi connectivity index (χ2n) is 3.21. The summed E-state index contributed by atoms with van der Waals surface area (Å²) in [6, 6.07) is 0. The molecule has 1 heterocycles. The third kappa shape index (κ3) is 2.65. The van der Waals surface area contributed by atoms with Gasteiger partial charge in [-0.3, -0.25) is 4.79 Å². The first kappa shape index (κ1) is 11.4. The molecule has 82 valence electrons. The van der Waals surface area contributed by atoms with E-state index >= 15 is 0 Å². The minimum atomic E-state index is -1.43. The fraction of sp³-hybridized carbons (Fsp3) is 0.875. The molecule has 1 rings (SSSR count). The first-order valence-corrected chi connectivity index (χ1v) is 4.34. The zero-order valence-electron chi connectivity index (χ0n) is 7.79. The smallest absolute Gasteiger partial charge is 0.302 e. The molecule has 14 heavy (non-hydrogen) atoms. The average molecular weight is 206 g/mol. The number of carbonyl (C=O) groups is 1. The van der Waals surface area contributed by atoms with Crippen molar-refractivity contribution in [2.24, 2.45) is 0 Å². The van der Waals surface area contributed by atoms with Crippen LogP contribution in [0.3, 0.4) is 0 Å². The molecule has 6 nitrogen and oxygen atoms in total. The number of esters is 1. The standard InChI is InChI=1S/C8H14O6/c1-4(10)13-6-2-5(3-9)14-8(12)7(6)11/h5-9,11-12H,2-3H2,1H3/t5-,6-,7-,8?/m0/s1. The molecule has 0 aromatic carbocycles. The zero-order valence-corrected chi connectivity index (χ0v) is 7.79. The van der Waals surface area contributed by atoms with E-state index in [4.69, 9.17) is 14.6 Å². The summed E-state index contributed by atoms with van der Waals surface area (Å²) < 4.78 is 9.59. The Morgan fingerprint density at radius 3 is 2.71 bits per heavy atom. The van der Waals surface area contributed by atoms with E-state index < -0.39 is 30.6 Å². The van der Waals surface area contributed by atoms with Crippen molar-refractivity contribution in [2.75, 3.05) is 6.61 Å². The molecule has 0 radical (unpaired) electrons. The van der Waals surface area contributed by atoms with Crippen LogP contribution in [-0.4, -0.2) is 52.5 Å². The Balaban J connectivity index is 2.57. The first-order chi connectivity index (χ1) is 6.54. The molecule has 1 saturated heterocycles. The minimum Gasteiger partial charge on any atom is -0.459 e. The van der Waals surface area contributed by atoms with E-state index in [2.05, 4.69) is 0 Å². The predicted molar refractivity (Wildman–Crippen MR) is 44.1 cm³/mol. The van der Waals surface area contributed by atoms with Crippen molar-refractivity contribution in [3.05, 3.63) is 0 Å². The van der Waals surface area contributed by atoms with Gasteiger partial charge in [0.15, 0.2) is 6.29 Å². The number of aliphatic hydroxyl groups is 3. The Labute approximate surface area is 81.1 Å². The van der Waals surface area contributed by atoms with Gasteiger partial charge < -0.3 is 24.8 Å². The van der Waals surface area contributed by atoms with Crippen molar-refractivity contribution < 1.29 is 29.6 Å². The molecule has 0 aromatic rings. The highest BCUT2D eigenvalue weighted by Gasteiger charge is 2.38. The monoisotopic (exact) mass is 206 g/mol. The van der Waals surface area contributed by atoms with Gasteiger partial charge in [0.25, 0.3) is 0 Å². The Morgan fingerprint density at radius 2 is 2.21 bits per heavy atom. The number of hydrogen-bond donors (Lipinski definition) is 3. The SMILES string of the molecule is CC(=O)O[C@H]1C[C@@H](CO)OC(O)[C@H]1O. The maximum absolute atomic E-state index is 10.6. The van der Waals surface area contributed by atoms with E-state index in [1.54, 1.807) is 0 Å². The van der Waals surface area contributed by atoms with Gasteiger partial charge >= 0.3 is 5.97 Å². The normalized spacial score (nSPS) is 38.0.